The van der Waals surface area contributed by atoms with Crippen molar-refractivity contribution in [3.8, 4) is 0 Å². The van der Waals surface area contributed by atoms with Crippen molar-refractivity contribution in [3.05, 3.63) is 24.5 Å². The quantitative estimate of drug-likeness (QED) is 0.538. The van der Waals surface area contributed by atoms with E-state index in [9.17, 15) is 8.42 Å². The van der Waals surface area contributed by atoms with E-state index in [0.29, 0.717) is 13.1 Å². The Morgan fingerprint density at radius 1 is 1.09 bits per heavy atom. The van der Waals surface area contributed by atoms with Crippen LogP contribution in [0.25, 0.3) is 0 Å². The Labute approximate surface area is 132 Å². The molecule has 124 valence electrons. The number of sulfone groups is 1. The Morgan fingerprint density at radius 3 is 2.27 bits per heavy atom. The summed E-state index contributed by atoms with van der Waals surface area (Å²) in [5.41, 5.74) is 0. The predicted octanol–water partition coefficient (Wildman–Crippen LogP) is -0.616. The highest BCUT2D eigenvalue weighted by atomic mass is 32.2. The fourth-order valence-electron chi connectivity index (χ4n) is 2.35. The van der Waals surface area contributed by atoms with Crippen LogP contribution in [-0.2, 0) is 16.4 Å². The van der Waals surface area contributed by atoms with Crippen molar-refractivity contribution in [2.45, 2.75) is 6.54 Å². The van der Waals surface area contributed by atoms with Gasteiger partial charge < -0.3 is 15.2 Å². The van der Waals surface area contributed by atoms with Crippen molar-refractivity contribution in [1.29, 1.82) is 0 Å². The molecule has 0 bridgehead atoms. The van der Waals surface area contributed by atoms with Crippen LogP contribution in [0.4, 0.5) is 0 Å². The monoisotopic (exact) mass is 327 g/mol. The third-order valence-corrected chi connectivity index (χ3v) is 5.32. The molecule has 0 atom stereocenters. The lowest BCUT2D eigenvalue weighted by Gasteiger charge is -2.26. The molecule has 0 amide bonds. The van der Waals surface area contributed by atoms with Crippen LogP contribution in [0.15, 0.2) is 29.5 Å². The van der Waals surface area contributed by atoms with E-state index in [1.807, 2.05) is 24.5 Å². The molecule has 2 N–H and O–H groups in total. The molecular formula is C14H25N5O2S. The predicted molar refractivity (Wildman–Crippen MR) is 88.9 cm³/mol. The lowest BCUT2D eigenvalue weighted by molar-refractivity contribution is 0.299. The van der Waals surface area contributed by atoms with E-state index in [1.54, 1.807) is 7.05 Å². The van der Waals surface area contributed by atoms with E-state index in [-0.39, 0.29) is 11.5 Å². The maximum atomic E-state index is 11.4. The lowest BCUT2D eigenvalue weighted by Crippen LogP contribution is -2.46. The minimum Gasteiger partial charge on any atom is -0.355 e. The second kappa shape index (κ2) is 8.19. The van der Waals surface area contributed by atoms with Gasteiger partial charge in [-0.1, -0.05) is 0 Å². The third kappa shape index (κ3) is 5.69. The molecule has 1 aliphatic heterocycles. The molecule has 0 aliphatic carbocycles. The Hall–Kier alpha value is -1.54. The highest BCUT2D eigenvalue weighted by Gasteiger charge is 2.20. The summed E-state index contributed by atoms with van der Waals surface area (Å²) < 4.78 is 24.8. The standard InChI is InChI=1S/C14H25N5O2S/c1-15-14(16-4-8-18-6-2-3-7-18)17-5-9-19-10-12-22(20,21)13-11-19/h2-3,6-7H,4-5,8-13H2,1H3,(H2,15,16,17). The number of rotatable bonds is 6. The van der Waals surface area contributed by atoms with Crippen LogP contribution in [0.5, 0.6) is 0 Å². The molecule has 2 heterocycles. The topological polar surface area (TPSA) is 78.7 Å². The summed E-state index contributed by atoms with van der Waals surface area (Å²) >= 11 is 0. The Balaban J connectivity index is 1.60. The van der Waals surface area contributed by atoms with Crippen molar-refractivity contribution in [2.75, 3.05) is 51.3 Å². The molecular weight excluding hydrogens is 302 g/mol. The maximum absolute atomic E-state index is 11.4. The van der Waals surface area contributed by atoms with Gasteiger partial charge in [-0.15, -0.1) is 0 Å². The Bertz CT molecular complexity index is 554. The number of hydrogen-bond donors (Lipinski definition) is 2. The molecule has 0 saturated carbocycles. The van der Waals surface area contributed by atoms with Gasteiger partial charge in [0, 0.05) is 58.7 Å². The van der Waals surface area contributed by atoms with Crippen molar-refractivity contribution in [3.63, 3.8) is 0 Å². The van der Waals surface area contributed by atoms with Gasteiger partial charge in [-0.2, -0.15) is 0 Å². The summed E-state index contributed by atoms with van der Waals surface area (Å²) in [7, 11) is -1.05. The van der Waals surface area contributed by atoms with Crippen LogP contribution >= 0.6 is 0 Å². The van der Waals surface area contributed by atoms with E-state index >= 15 is 0 Å². The number of hydrogen-bond acceptors (Lipinski definition) is 4. The van der Waals surface area contributed by atoms with Crippen molar-refractivity contribution in [2.24, 2.45) is 4.99 Å². The average molecular weight is 327 g/mol. The molecule has 0 unspecified atom stereocenters. The van der Waals surface area contributed by atoms with Gasteiger partial charge in [-0.25, -0.2) is 8.42 Å². The van der Waals surface area contributed by atoms with Gasteiger partial charge in [-0.3, -0.25) is 9.89 Å². The molecule has 8 heteroatoms. The molecule has 1 aromatic heterocycles. The van der Waals surface area contributed by atoms with Crippen LogP contribution in [0.3, 0.4) is 0 Å². The van der Waals surface area contributed by atoms with Crippen LogP contribution in [0.2, 0.25) is 0 Å². The average Bonchev–Trinajstić information content (AvgIpc) is 3.00. The van der Waals surface area contributed by atoms with Crippen LogP contribution in [-0.4, -0.2) is 75.1 Å². The second-order valence-corrected chi connectivity index (χ2v) is 7.64. The summed E-state index contributed by atoms with van der Waals surface area (Å²) in [5.74, 6) is 1.32. The highest BCUT2D eigenvalue weighted by molar-refractivity contribution is 7.91. The summed E-state index contributed by atoms with van der Waals surface area (Å²) in [6.07, 6.45) is 4.06. The van der Waals surface area contributed by atoms with E-state index in [2.05, 4.69) is 25.1 Å². The fraction of sp³-hybridized carbons (Fsp3) is 0.643. The zero-order chi connectivity index (χ0) is 15.8. The minimum absolute atomic E-state index is 0.275. The highest BCUT2D eigenvalue weighted by Crippen LogP contribution is 2.02. The Kier molecular flexibility index (Phi) is 6.26. The van der Waals surface area contributed by atoms with Crippen molar-refractivity contribution < 1.29 is 8.42 Å². The summed E-state index contributed by atoms with van der Waals surface area (Å²) in [6, 6.07) is 4.01. The maximum Gasteiger partial charge on any atom is 0.191 e. The number of aromatic nitrogens is 1. The van der Waals surface area contributed by atoms with Crippen LogP contribution < -0.4 is 10.6 Å². The summed E-state index contributed by atoms with van der Waals surface area (Å²) in [4.78, 5) is 6.35. The zero-order valence-corrected chi connectivity index (χ0v) is 13.8. The van der Waals surface area contributed by atoms with Crippen LogP contribution in [0.1, 0.15) is 0 Å². The normalized spacial score (nSPS) is 19.0. The number of nitrogens with zero attached hydrogens (tertiary/aromatic N) is 3. The molecule has 0 spiro atoms. The lowest BCUT2D eigenvalue weighted by atomic mass is 10.4. The van der Waals surface area contributed by atoms with Gasteiger partial charge in [0.15, 0.2) is 15.8 Å². The molecule has 1 fully saturated rings. The van der Waals surface area contributed by atoms with Gasteiger partial charge in [-0.05, 0) is 12.1 Å². The molecule has 1 aliphatic rings. The number of aliphatic imine (C=N–C) groups is 1. The smallest absolute Gasteiger partial charge is 0.191 e. The van der Waals surface area contributed by atoms with E-state index in [1.165, 1.54) is 0 Å². The third-order valence-electron chi connectivity index (χ3n) is 3.71. The Morgan fingerprint density at radius 2 is 1.68 bits per heavy atom. The molecule has 1 aromatic rings. The fourth-order valence-corrected chi connectivity index (χ4v) is 3.63. The second-order valence-electron chi connectivity index (χ2n) is 5.34. The number of guanidine groups is 1. The van der Waals surface area contributed by atoms with E-state index in [0.717, 1.165) is 32.1 Å². The first kappa shape index (κ1) is 16.8. The number of nitrogens with one attached hydrogen (secondary N) is 2. The molecule has 22 heavy (non-hydrogen) atoms. The molecule has 0 radical (unpaired) electrons. The van der Waals surface area contributed by atoms with Gasteiger partial charge in [0.1, 0.15) is 0 Å². The minimum atomic E-state index is -2.80. The van der Waals surface area contributed by atoms with Gasteiger partial charge in [0.25, 0.3) is 0 Å². The van der Waals surface area contributed by atoms with Crippen molar-refractivity contribution >= 4 is 15.8 Å². The van der Waals surface area contributed by atoms with E-state index < -0.39 is 9.84 Å². The van der Waals surface area contributed by atoms with Gasteiger partial charge in [0.05, 0.1) is 11.5 Å². The SMILES string of the molecule is CN=C(NCCN1CCS(=O)(=O)CC1)NCCn1cccc1. The molecule has 1 saturated heterocycles. The zero-order valence-electron chi connectivity index (χ0n) is 13.0. The van der Waals surface area contributed by atoms with Crippen molar-refractivity contribution in [1.82, 2.24) is 20.1 Å². The first-order valence-electron chi connectivity index (χ1n) is 7.57. The van der Waals surface area contributed by atoms with Gasteiger partial charge in [0.2, 0.25) is 0 Å². The molecule has 0 aromatic carbocycles. The summed E-state index contributed by atoms with van der Waals surface area (Å²) in [6.45, 7) is 4.53. The molecule has 7 nitrogen and oxygen atoms in total. The molecule has 2 rings (SSSR count). The first-order chi connectivity index (χ1) is 10.6. The van der Waals surface area contributed by atoms with E-state index in [4.69, 9.17) is 0 Å². The largest absolute Gasteiger partial charge is 0.355 e. The van der Waals surface area contributed by atoms with Crippen LogP contribution in [0, 0.1) is 0 Å². The first-order valence-corrected chi connectivity index (χ1v) is 9.39. The summed E-state index contributed by atoms with van der Waals surface area (Å²) in [5, 5.41) is 6.52. The van der Waals surface area contributed by atoms with Gasteiger partial charge >= 0.3 is 0 Å².